The minimum absolute atomic E-state index is 0.0424. The quantitative estimate of drug-likeness (QED) is 0.741. The van der Waals surface area contributed by atoms with Gasteiger partial charge >= 0.3 is 0 Å². The predicted molar refractivity (Wildman–Crippen MR) is 95.9 cm³/mol. The molecule has 0 spiro atoms. The van der Waals surface area contributed by atoms with Gasteiger partial charge in [-0.1, -0.05) is 36.4 Å². The van der Waals surface area contributed by atoms with Crippen molar-refractivity contribution in [3.05, 3.63) is 72.1 Å². The minimum atomic E-state index is -1.23. The number of aromatic nitrogens is 1. The summed E-state index contributed by atoms with van der Waals surface area (Å²) >= 11 is 0. The number of amides is 1. The van der Waals surface area contributed by atoms with Crippen LogP contribution in [-0.4, -0.2) is 16.0 Å². The first-order valence-electron chi connectivity index (χ1n) is 8.04. The summed E-state index contributed by atoms with van der Waals surface area (Å²) in [7, 11) is 0. The standard InChI is InChI=1S/C20H20N2O3/c1-14-8-9-16(12-17(14)19-21-10-11-25-19)22-18(23)13-20(2,24)15-6-4-3-5-7-15/h3-12,24H,13H2,1-2H3,(H,22,23). The van der Waals surface area contributed by atoms with Gasteiger partial charge in [-0.15, -0.1) is 0 Å². The number of anilines is 1. The van der Waals surface area contributed by atoms with E-state index in [0.29, 0.717) is 17.1 Å². The number of aryl methyl sites for hydroxylation is 1. The molecule has 2 N–H and O–H groups in total. The van der Waals surface area contributed by atoms with Crippen LogP contribution in [0.5, 0.6) is 0 Å². The molecule has 1 unspecified atom stereocenters. The highest BCUT2D eigenvalue weighted by Crippen LogP contribution is 2.27. The molecule has 128 valence electrons. The molecule has 3 rings (SSSR count). The maximum Gasteiger partial charge on any atom is 0.227 e. The van der Waals surface area contributed by atoms with E-state index in [1.54, 1.807) is 25.3 Å². The number of hydrogen-bond donors (Lipinski definition) is 2. The predicted octanol–water partition coefficient (Wildman–Crippen LogP) is 3.89. The first kappa shape index (κ1) is 16.9. The second kappa shape index (κ2) is 6.91. The van der Waals surface area contributed by atoms with E-state index in [1.165, 1.54) is 6.26 Å². The zero-order chi connectivity index (χ0) is 17.9. The highest BCUT2D eigenvalue weighted by atomic mass is 16.3. The van der Waals surface area contributed by atoms with Gasteiger partial charge < -0.3 is 14.8 Å². The molecule has 25 heavy (non-hydrogen) atoms. The molecule has 0 bridgehead atoms. The van der Waals surface area contributed by atoms with E-state index < -0.39 is 5.60 Å². The zero-order valence-electron chi connectivity index (χ0n) is 14.2. The number of carbonyl (C=O) groups is 1. The number of hydrogen-bond acceptors (Lipinski definition) is 4. The van der Waals surface area contributed by atoms with Crippen LogP contribution in [0.25, 0.3) is 11.5 Å². The van der Waals surface area contributed by atoms with Gasteiger partial charge in [-0.3, -0.25) is 4.79 Å². The maximum atomic E-state index is 12.4. The monoisotopic (exact) mass is 336 g/mol. The van der Waals surface area contributed by atoms with E-state index in [9.17, 15) is 9.90 Å². The van der Waals surface area contributed by atoms with Crippen LogP contribution in [0.3, 0.4) is 0 Å². The summed E-state index contributed by atoms with van der Waals surface area (Å²) in [5, 5.41) is 13.4. The van der Waals surface area contributed by atoms with Gasteiger partial charge in [0, 0.05) is 11.3 Å². The number of nitrogens with zero attached hydrogens (tertiary/aromatic N) is 1. The topological polar surface area (TPSA) is 75.4 Å². The maximum absolute atomic E-state index is 12.4. The van der Waals surface area contributed by atoms with Gasteiger partial charge in [0.25, 0.3) is 0 Å². The van der Waals surface area contributed by atoms with E-state index in [1.807, 2.05) is 43.3 Å². The largest absolute Gasteiger partial charge is 0.445 e. The highest BCUT2D eigenvalue weighted by molar-refractivity contribution is 5.92. The van der Waals surface area contributed by atoms with Crippen LogP contribution in [0.15, 0.2) is 65.4 Å². The molecule has 1 heterocycles. The molecule has 0 saturated carbocycles. The van der Waals surface area contributed by atoms with E-state index in [2.05, 4.69) is 10.3 Å². The third-order valence-corrected chi connectivity index (χ3v) is 4.08. The summed E-state index contributed by atoms with van der Waals surface area (Å²) in [5.74, 6) is 0.237. The molecule has 5 nitrogen and oxygen atoms in total. The second-order valence-electron chi connectivity index (χ2n) is 6.23. The van der Waals surface area contributed by atoms with Crippen LogP contribution < -0.4 is 5.32 Å². The summed E-state index contributed by atoms with van der Waals surface area (Å²) in [5.41, 5.74) is 1.91. The van der Waals surface area contributed by atoms with Gasteiger partial charge in [-0.2, -0.15) is 0 Å². The molecule has 1 amide bonds. The fraction of sp³-hybridized carbons (Fsp3) is 0.200. The second-order valence-corrected chi connectivity index (χ2v) is 6.23. The van der Waals surface area contributed by atoms with Crippen LogP contribution >= 0.6 is 0 Å². The molecule has 3 aromatic rings. The van der Waals surface area contributed by atoms with Gasteiger partial charge in [0.05, 0.1) is 18.2 Å². The first-order chi connectivity index (χ1) is 12.0. The van der Waals surface area contributed by atoms with Crippen molar-refractivity contribution in [2.24, 2.45) is 0 Å². The fourth-order valence-electron chi connectivity index (χ4n) is 2.70. The number of carbonyl (C=O) groups excluding carboxylic acids is 1. The van der Waals surface area contributed by atoms with Crippen molar-refractivity contribution in [1.29, 1.82) is 0 Å². The Morgan fingerprint density at radius 1 is 1.24 bits per heavy atom. The molecule has 0 fully saturated rings. The molecule has 0 aliphatic heterocycles. The van der Waals surface area contributed by atoms with Crippen molar-refractivity contribution >= 4 is 11.6 Å². The fourth-order valence-corrected chi connectivity index (χ4v) is 2.70. The Morgan fingerprint density at radius 2 is 2.00 bits per heavy atom. The summed E-state index contributed by atoms with van der Waals surface area (Å²) < 4.78 is 5.33. The summed E-state index contributed by atoms with van der Waals surface area (Å²) in [4.78, 5) is 16.5. The van der Waals surface area contributed by atoms with Gasteiger partial charge in [0.1, 0.15) is 6.26 Å². The van der Waals surface area contributed by atoms with E-state index in [-0.39, 0.29) is 12.3 Å². The third-order valence-electron chi connectivity index (χ3n) is 4.08. The molecule has 1 aromatic heterocycles. The lowest BCUT2D eigenvalue weighted by Crippen LogP contribution is -2.28. The average molecular weight is 336 g/mol. The molecule has 0 saturated heterocycles. The Labute approximate surface area is 146 Å². The van der Waals surface area contributed by atoms with Gasteiger partial charge in [0.15, 0.2) is 0 Å². The van der Waals surface area contributed by atoms with Crippen molar-refractivity contribution in [2.75, 3.05) is 5.32 Å². The summed E-state index contributed by atoms with van der Waals surface area (Å²) in [6.07, 6.45) is 3.05. The summed E-state index contributed by atoms with van der Waals surface area (Å²) in [6.45, 7) is 3.58. The number of nitrogens with one attached hydrogen (secondary N) is 1. The number of oxazole rings is 1. The van der Waals surface area contributed by atoms with Crippen LogP contribution in [0.4, 0.5) is 5.69 Å². The molecule has 0 radical (unpaired) electrons. The van der Waals surface area contributed by atoms with Crippen LogP contribution in [0, 0.1) is 6.92 Å². The average Bonchev–Trinajstić information content (AvgIpc) is 3.11. The van der Waals surface area contributed by atoms with Crippen LogP contribution in [0.2, 0.25) is 0 Å². The van der Waals surface area contributed by atoms with Gasteiger partial charge in [-0.05, 0) is 37.1 Å². The third kappa shape index (κ3) is 3.95. The normalized spacial score (nSPS) is 13.2. The smallest absolute Gasteiger partial charge is 0.227 e. The molecule has 0 aliphatic rings. The van der Waals surface area contributed by atoms with Gasteiger partial charge in [-0.25, -0.2) is 4.98 Å². The lowest BCUT2D eigenvalue weighted by atomic mass is 9.92. The Morgan fingerprint density at radius 3 is 2.68 bits per heavy atom. The molecular weight excluding hydrogens is 316 g/mol. The number of rotatable bonds is 5. The molecular formula is C20H20N2O3. The van der Waals surface area contributed by atoms with E-state index in [0.717, 1.165) is 11.1 Å². The highest BCUT2D eigenvalue weighted by Gasteiger charge is 2.26. The molecule has 5 heteroatoms. The molecule has 1 atom stereocenters. The van der Waals surface area contributed by atoms with Crippen LogP contribution in [-0.2, 0) is 10.4 Å². The Bertz CT molecular complexity index is 856. The Hall–Kier alpha value is -2.92. The van der Waals surface area contributed by atoms with Crippen molar-refractivity contribution in [3.63, 3.8) is 0 Å². The zero-order valence-corrected chi connectivity index (χ0v) is 14.2. The first-order valence-corrected chi connectivity index (χ1v) is 8.04. The van der Waals surface area contributed by atoms with Crippen molar-refractivity contribution < 1.29 is 14.3 Å². The molecule has 0 aliphatic carbocycles. The molecule has 2 aromatic carbocycles. The van der Waals surface area contributed by atoms with Crippen molar-refractivity contribution in [2.45, 2.75) is 25.9 Å². The SMILES string of the molecule is Cc1ccc(NC(=O)CC(C)(O)c2ccccc2)cc1-c1ncco1. The van der Waals surface area contributed by atoms with Crippen molar-refractivity contribution in [3.8, 4) is 11.5 Å². The minimum Gasteiger partial charge on any atom is -0.445 e. The lowest BCUT2D eigenvalue weighted by molar-refractivity contribution is -0.120. The number of aliphatic hydroxyl groups is 1. The lowest BCUT2D eigenvalue weighted by Gasteiger charge is -2.23. The van der Waals surface area contributed by atoms with E-state index in [4.69, 9.17) is 4.42 Å². The Kier molecular flexibility index (Phi) is 4.67. The van der Waals surface area contributed by atoms with E-state index >= 15 is 0 Å². The van der Waals surface area contributed by atoms with Crippen LogP contribution in [0.1, 0.15) is 24.5 Å². The Balaban J connectivity index is 1.74. The van der Waals surface area contributed by atoms with Crippen molar-refractivity contribution in [1.82, 2.24) is 4.98 Å². The summed E-state index contributed by atoms with van der Waals surface area (Å²) in [6, 6.07) is 14.7. The van der Waals surface area contributed by atoms with Gasteiger partial charge in [0.2, 0.25) is 11.8 Å². The number of benzene rings is 2.